The molecule has 1 N–H and O–H groups in total. The summed E-state index contributed by atoms with van der Waals surface area (Å²) in [6.45, 7) is 10.7. The highest BCUT2D eigenvalue weighted by atomic mass is 16.5. The third kappa shape index (κ3) is 5.81. The molecule has 0 spiro atoms. The topological polar surface area (TPSA) is 37.6 Å². The minimum atomic E-state index is 0.573. The predicted octanol–water partition coefficient (Wildman–Crippen LogP) is 2.94. The van der Waals surface area contributed by atoms with Gasteiger partial charge in [-0.3, -0.25) is 0 Å². The van der Waals surface area contributed by atoms with E-state index < -0.39 is 0 Å². The summed E-state index contributed by atoms with van der Waals surface area (Å²) in [6, 6.07) is 2.92. The molecule has 0 amide bonds. The Labute approximate surface area is 128 Å². The number of furan rings is 1. The van der Waals surface area contributed by atoms with Crippen molar-refractivity contribution in [1.29, 1.82) is 0 Å². The molecule has 4 nitrogen and oxygen atoms in total. The van der Waals surface area contributed by atoms with Gasteiger partial charge in [0.25, 0.3) is 0 Å². The van der Waals surface area contributed by atoms with Crippen molar-refractivity contribution in [2.45, 2.75) is 52.8 Å². The number of hydrogen-bond donors (Lipinski definition) is 1. The van der Waals surface area contributed by atoms with Gasteiger partial charge in [0, 0.05) is 24.7 Å². The lowest BCUT2D eigenvalue weighted by molar-refractivity contribution is 0.0858. The van der Waals surface area contributed by atoms with E-state index in [4.69, 9.17) is 9.15 Å². The van der Waals surface area contributed by atoms with Gasteiger partial charge in [0.05, 0.1) is 6.61 Å². The van der Waals surface area contributed by atoms with Crippen LogP contribution in [0.2, 0.25) is 0 Å². The van der Waals surface area contributed by atoms with Crippen LogP contribution >= 0.6 is 0 Å². The average molecular weight is 294 g/mol. The molecule has 1 aliphatic rings. The van der Waals surface area contributed by atoms with Gasteiger partial charge in [-0.1, -0.05) is 13.8 Å². The van der Waals surface area contributed by atoms with Crippen LogP contribution in [0, 0.1) is 12.8 Å². The summed E-state index contributed by atoms with van der Waals surface area (Å²) < 4.78 is 11.5. The summed E-state index contributed by atoms with van der Waals surface area (Å²) in [5.41, 5.74) is 1.24. The van der Waals surface area contributed by atoms with Gasteiger partial charge in [0.1, 0.15) is 18.1 Å². The molecule has 1 aliphatic carbocycles. The molecule has 0 saturated heterocycles. The maximum Gasteiger partial charge on any atom is 0.130 e. The Kier molecular flexibility index (Phi) is 6.27. The Morgan fingerprint density at radius 2 is 2.19 bits per heavy atom. The van der Waals surface area contributed by atoms with Crippen molar-refractivity contribution in [3.05, 3.63) is 23.2 Å². The first-order valence-corrected chi connectivity index (χ1v) is 8.13. The first-order chi connectivity index (χ1) is 10.1. The van der Waals surface area contributed by atoms with Gasteiger partial charge in [-0.05, 0) is 45.3 Å². The number of nitrogens with one attached hydrogen (secondary N) is 1. The zero-order chi connectivity index (χ0) is 15.2. The summed E-state index contributed by atoms with van der Waals surface area (Å²) in [6.07, 6.45) is 2.70. The van der Waals surface area contributed by atoms with Crippen molar-refractivity contribution in [3.8, 4) is 0 Å². The molecule has 0 radical (unpaired) electrons. The Morgan fingerprint density at radius 3 is 2.86 bits per heavy atom. The van der Waals surface area contributed by atoms with Gasteiger partial charge >= 0.3 is 0 Å². The fourth-order valence-electron chi connectivity index (χ4n) is 2.41. The summed E-state index contributed by atoms with van der Waals surface area (Å²) in [4.78, 5) is 2.38. The first kappa shape index (κ1) is 16.5. The fraction of sp³-hybridized carbons (Fsp3) is 0.765. The summed E-state index contributed by atoms with van der Waals surface area (Å²) in [5, 5.41) is 3.45. The second kappa shape index (κ2) is 7.97. The van der Waals surface area contributed by atoms with Gasteiger partial charge in [0.15, 0.2) is 0 Å². The van der Waals surface area contributed by atoms with Crippen LogP contribution < -0.4 is 5.32 Å². The molecular formula is C17H30N2O2. The normalized spacial score (nSPS) is 15.3. The largest absolute Gasteiger partial charge is 0.464 e. The molecule has 1 aromatic heterocycles. The maximum atomic E-state index is 5.76. The molecule has 0 unspecified atom stereocenters. The van der Waals surface area contributed by atoms with Crippen molar-refractivity contribution in [3.63, 3.8) is 0 Å². The van der Waals surface area contributed by atoms with Crippen molar-refractivity contribution in [2.75, 3.05) is 26.7 Å². The van der Waals surface area contributed by atoms with E-state index in [1.54, 1.807) is 0 Å². The van der Waals surface area contributed by atoms with Crippen LogP contribution in [-0.2, 0) is 17.9 Å². The van der Waals surface area contributed by atoms with E-state index in [1.807, 2.05) is 6.92 Å². The van der Waals surface area contributed by atoms with Crippen LogP contribution in [0.5, 0.6) is 0 Å². The molecule has 21 heavy (non-hydrogen) atoms. The second-order valence-electron chi connectivity index (χ2n) is 6.58. The van der Waals surface area contributed by atoms with E-state index in [9.17, 15) is 0 Å². The summed E-state index contributed by atoms with van der Waals surface area (Å²) >= 11 is 0. The van der Waals surface area contributed by atoms with Gasteiger partial charge in [-0.15, -0.1) is 0 Å². The molecule has 1 saturated carbocycles. The van der Waals surface area contributed by atoms with E-state index in [0.717, 1.165) is 43.8 Å². The Morgan fingerprint density at radius 1 is 1.43 bits per heavy atom. The number of aryl methyl sites for hydroxylation is 1. The monoisotopic (exact) mass is 294 g/mol. The summed E-state index contributed by atoms with van der Waals surface area (Å²) in [7, 11) is 2.18. The van der Waals surface area contributed by atoms with Crippen molar-refractivity contribution in [1.82, 2.24) is 10.2 Å². The number of rotatable bonds is 10. The van der Waals surface area contributed by atoms with Gasteiger partial charge in [0.2, 0.25) is 0 Å². The average Bonchev–Trinajstić information content (AvgIpc) is 3.21. The third-order valence-corrected chi connectivity index (χ3v) is 3.94. The maximum absolute atomic E-state index is 5.76. The minimum absolute atomic E-state index is 0.573. The standard InChI is InChI=1S/C17H30N2O2/c1-13(2)10-18-11-15-9-17(21-14(15)3)12-20-8-7-19(4)16-5-6-16/h9,13,16,18H,5-8,10-12H2,1-4H3. The summed E-state index contributed by atoms with van der Waals surface area (Å²) in [5.74, 6) is 2.60. The van der Waals surface area contributed by atoms with Crippen LogP contribution in [0.25, 0.3) is 0 Å². The zero-order valence-corrected chi connectivity index (χ0v) is 13.9. The molecule has 0 aromatic carbocycles. The molecule has 1 heterocycles. The minimum Gasteiger partial charge on any atom is -0.464 e. The van der Waals surface area contributed by atoms with Crippen molar-refractivity contribution < 1.29 is 9.15 Å². The van der Waals surface area contributed by atoms with Gasteiger partial charge < -0.3 is 19.4 Å². The lowest BCUT2D eigenvalue weighted by atomic mass is 10.2. The molecule has 1 fully saturated rings. The molecule has 0 atom stereocenters. The Balaban J connectivity index is 1.66. The molecular weight excluding hydrogens is 264 g/mol. The molecule has 120 valence electrons. The van der Waals surface area contributed by atoms with Crippen LogP contribution in [0.1, 0.15) is 43.8 Å². The number of ether oxygens (including phenoxy) is 1. The quantitative estimate of drug-likeness (QED) is 0.673. The number of hydrogen-bond acceptors (Lipinski definition) is 4. The van der Waals surface area contributed by atoms with Crippen LogP contribution in [0.4, 0.5) is 0 Å². The molecule has 4 heteroatoms. The predicted molar refractivity (Wildman–Crippen MR) is 85.3 cm³/mol. The van der Waals surface area contributed by atoms with E-state index in [1.165, 1.54) is 18.4 Å². The van der Waals surface area contributed by atoms with Gasteiger partial charge in [-0.2, -0.15) is 0 Å². The smallest absolute Gasteiger partial charge is 0.130 e. The van der Waals surface area contributed by atoms with E-state index in [-0.39, 0.29) is 0 Å². The highest BCUT2D eigenvalue weighted by molar-refractivity contribution is 5.20. The van der Waals surface area contributed by atoms with Gasteiger partial charge in [-0.25, -0.2) is 0 Å². The lowest BCUT2D eigenvalue weighted by Crippen LogP contribution is -2.25. The third-order valence-electron chi connectivity index (χ3n) is 3.94. The molecule has 2 rings (SSSR count). The van der Waals surface area contributed by atoms with E-state index in [0.29, 0.717) is 12.5 Å². The molecule has 0 aliphatic heterocycles. The molecule has 1 aromatic rings. The van der Waals surface area contributed by atoms with E-state index >= 15 is 0 Å². The van der Waals surface area contributed by atoms with Crippen molar-refractivity contribution >= 4 is 0 Å². The van der Waals surface area contributed by atoms with Crippen LogP contribution in [0.15, 0.2) is 10.5 Å². The number of nitrogens with zero attached hydrogens (tertiary/aromatic N) is 1. The SMILES string of the molecule is Cc1oc(COCCN(C)C2CC2)cc1CNCC(C)C. The second-order valence-corrected chi connectivity index (χ2v) is 6.58. The lowest BCUT2D eigenvalue weighted by Gasteiger charge is -2.14. The van der Waals surface area contributed by atoms with Crippen molar-refractivity contribution in [2.24, 2.45) is 5.92 Å². The first-order valence-electron chi connectivity index (χ1n) is 8.13. The zero-order valence-electron chi connectivity index (χ0n) is 13.9. The van der Waals surface area contributed by atoms with Crippen LogP contribution in [0.3, 0.4) is 0 Å². The number of likely N-dealkylation sites (N-methyl/N-ethyl adjacent to an activating group) is 1. The fourth-order valence-corrected chi connectivity index (χ4v) is 2.41. The highest BCUT2D eigenvalue weighted by Gasteiger charge is 2.25. The Bertz CT molecular complexity index is 424. The van der Waals surface area contributed by atoms with E-state index in [2.05, 4.69) is 37.2 Å². The Hall–Kier alpha value is -0.840. The van der Waals surface area contributed by atoms with Crippen LogP contribution in [-0.4, -0.2) is 37.7 Å². The molecule has 0 bridgehead atoms. The highest BCUT2D eigenvalue weighted by Crippen LogP contribution is 2.24.